The minimum atomic E-state index is -1.71. The van der Waals surface area contributed by atoms with E-state index in [1.54, 1.807) is 32.0 Å². The highest BCUT2D eigenvalue weighted by atomic mass is 16.8. The molecule has 0 radical (unpaired) electrons. The van der Waals surface area contributed by atoms with Gasteiger partial charge in [0, 0.05) is 6.07 Å². The standard InChI is InChI=1S/C18H21NO8/c1-17(2)25-13-8-24-18(15(20)14(13)26-17)9-19(16(21)27-18)10-5-6-11(22-3)12(7-10)23-4/h5-7,13-14H,8-9H2,1-4H3/t13-,14-,18+/m1/s1. The van der Waals surface area contributed by atoms with Crippen molar-refractivity contribution in [3.63, 3.8) is 0 Å². The molecule has 0 N–H and O–H groups in total. The number of carbonyl (C=O) groups excluding carboxylic acids is 2. The van der Waals surface area contributed by atoms with E-state index in [9.17, 15) is 9.59 Å². The molecule has 3 fully saturated rings. The molecule has 1 amide bonds. The molecule has 0 aromatic heterocycles. The van der Waals surface area contributed by atoms with Crippen LogP contribution in [0.4, 0.5) is 10.5 Å². The summed E-state index contributed by atoms with van der Waals surface area (Å²) in [6.45, 7) is 3.45. The highest BCUT2D eigenvalue weighted by Crippen LogP contribution is 2.41. The van der Waals surface area contributed by atoms with Gasteiger partial charge in [-0.15, -0.1) is 0 Å². The lowest BCUT2D eigenvalue weighted by atomic mass is 9.98. The maximum absolute atomic E-state index is 13.0. The number of anilines is 1. The maximum Gasteiger partial charge on any atom is 0.417 e. The lowest BCUT2D eigenvalue weighted by molar-refractivity contribution is -0.218. The highest BCUT2D eigenvalue weighted by molar-refractivity contribution is 6.00. The van der Waals surface area contributed by atoms with Gasteiger partial charge in [0.2, 0.25) is 5.78 Å². The number of amides is 1. The van der Waals surface area contributed by atoms with E-state index in [0.717, 1.165) is 0 Å². The van der Waals surface area contributed by atoms with Crippen molar-refractivity contribution in [2.75, 3.05) is 32.3 Å². The van der Waals surface area contributed by atoms with Crippen molar-refractivity contribution in [1.29, 1.82) is 0 Å². The normalized spacial score (nSPS) is 31.8. The molecule has 3 aliphatic heterocycles. The number of Topliss-reactive ketones (excluding diaryl/α,β-unsaturated/α-hetero) is 1. The quantitative estimate of drug-likeness (QED) is 0.780. The van der Waals surface area contributed by atoms with Crippen LogP contribution in [0.2, 0.25) is 0 Å². The van der Waals surface area contributed by atoms with Gasteiger partial charge in [-0.3, -0.25) is 9.69 Å². The minimum Gasteiger partial charge on any atom is -0.493 e. The molecule has 0 aliphatic carbocycles. The molecule has 1 aromatic rings. The number of hydrogen-bond donors (Lipinski definition) is 0. The maximum atomic E-state index is 13.0. The van der Waals surface area contributed by atoms with Crippen molar-refractivity contribution in [3.05, 3.63) is 18.2 Å². The smallest absolute Gasteiger partial charge is 0.417 e. The molecule has 3 aliphatic rings. The second kappa shape index (κ2) is 6.08. The van der Waals surface area contributed by atoms with Gasteiger partial charge in [-0.05, 0) is 26.0 Å². The first-order chi connectivity index (χ1) is 12.8. The largest absolute Gasteiger partial charge is 0.493 e. The molecule has 9 heteroatoms. The first-order valence-corrected chi connectivity index (χ1v) is 8.55. The summed E-state index contributed by atoms with van der Waals surface area (Å²) >= 11 is 0. The highest BCUT2D eigenvalue weighted by Gasteiger charge is 2.63. The van der Waals surface area contributed by atoms with Crippen LogP contribution in [0.1, 0.15) is 13.8 Å². The first kappa shape index (κ1) is 18.0. The number of nitrogens with zero attached hydrogens (tertiary/aromatic N) is 1. The Kier molecular flexibility index (Phi) is 4.06. The van der Waals surface area contributed by atoms with Crippen LogP contribution < -0.4 is 14.4 Å². The number of benzene rings is 1. The van der Waals surface area contributed by atoms with Gasteiger partial charge in [-0.1, -0.05) is 0 Å². The van der Waals surface area contributed by atoms with E-state index < -0.39 is 35.7 Å². The average Bonchev–Trinajstić information content (AvgIpc) is 3.15. The predicted molar refractivity (Wildman–Crippen MR) is 90.9 cm³/mol. The fourth-order valence-corrected chi connectivity index (χ4v) is 3.58. The fourth-order valence-electron chi connectivity index (χ4n) is 3.58. The zero-order chi connectivity index (χ0) is 19.4. The van der Waals surface area contributed by atoms with Crippen molar-refractivity contribution < 1.29 is 38.0 Å². The van der Waals surface area contributed by atoms with E-state index in [-0.39, 0.29) is 13.2 Å². The second-order valence-electron chi connectivity index (χ2n) is 7.02. The van der Waals surface area contributed by atoms with E-state index >= 15 is 0 Å². The Morgan fingerprint density at radius 1 is 1.11 bits per heavy atom. The molecule has 3 heterocycles. The molecule has 27 heavy (non-hydrogen) atoms. The van der Waals surface area contributed by atoms with Crippen molar-refractivity contribution in [2.45, 2.75) is 37.6 Å². The van der Waals surface area contributed by atoms with Crippen LogP contribution in [-0.4, -0.2) is 63.0 Å². The summed E-state index contributed by atoms with van der Waals surface area (Å²) in [7, 11) is 3.02. The van der Waals surface area contributed by atoms with Crippen LogP contribution in [0.15, 0.2) is 18.2 Å². The molecule has 0 unspecified atom stereocenters. The van der Waals surface area contributed by atoms with Crippen LogP contribution in [0.25, 0.3) is 0 Å². The van der Waals surface area contributed by atoms with Crippen molar-refractivity contribution >= 4 is 17.6 Å². The Balaban J connectivity index is 1.60. The Morgan fingerprint density at radius 2 is 1.85 bits per heavy atom. The topological polar surface area (TPSA) is 92.8 Å². The fraction of sp³-hybridized carbons (Fsp3) is 0.556. The minimum absolute atomic E-state index is 0.0901. The van der Waals surface area contributed by atoms with E-state index in [2.05, 4.69) is 0 Å². The van der Waals surface area contributed by atoms with Crippen LogP contribution in [0.5, 0.6) is 11.5 Å². The molecule has 4 rings (SSSR count). The zero-order valence-electron chi connectivity index (χ0n) is 15.5. The molecule has 3 saturated heterocycles. The second-order valence-corrected chi connectivity index (χ2v) is 7.02. The SMILES string of the molecule is COc1ccc(N2C[C@]3(OC[C@H]4OC(C)(C)O[C@H]4C3=O)OC2=O)cc1OC. The Morgan fingerprint density at radius 3 is 2.56 bits per heavy atom. The molecule has 0 bridgehead atoms. The van der Waals surface area contributed by atoms with Crippen LogP contribution in [-0.2, 0) is 23.7 Å². The summed E-state index contributed by atoms with van der Waals surface area (Å²) < 4.78 is 32.9. The molecule has 1 spiro atoms. The number of fused-ring (bicyclic) bond motifs is 1. The number of methoxy groups -OCH3 is 2. The van der Waals surface area contributed by atoms with E-state index in [1.807, 2.05) is 0 Å². The lowest BCUT2D eigenvalue weighted by Crippen LogP contribution is -2.59. The third-order valence-electron chi connectivity index (χ3n) is 4.82. The van der Waals surface area contributed by atoms with Gasteiger partial charge in [0.1, 0.15) is 12.6 Å². The molecule has 0 saturated carbocycles. The van der Waals surface area contributed by atoms with E-state index in [4.69, 9.17) is 28.4 Å². The summed E-state index contributed by atoms with van der Waals surface area (Å²) in [6, 6.07) is 4.98. The van der Waals surface area contributed by atoms with Gasteiger partial charge in [-0.2, -0.15) is 0 Å². The van der Waals surface area contributed by atoms with Gasteiger partial charge >= 0.3 is 6.09 Å². The Bertz CT molecular complexity index is 794. The molecule has 9 nitrogen and oxygen atoms in total. The van der Waals surface area contributed by atoms with Gasteiger partial charge in [-0.25, -0.2) is 4.79 Å². The molecular formula is C18H21NO8. The lowest BCUT2D eigenvalue weighted by Gasteiger charge is -2.34. The average molecular weight is 379 g/mol. The number of rotatable bonds is 3. The van der Waals surface area contributed by atoms with Crippen molar-refractivity contribution in [1.82, 2.24) is 0 Å². The number of hydrogen-bond acceptors (Lipinski definition) is 8. The zero-order valence-corrected chi connectivity index (χ0v) is 15.5. The van der Waals surface area contributed by atoms with E-state index in [1.165, 1.54) is 19.1 Å². The molecular weight excluding hydrogens is 358 g/mol. The molecule has 146 valence electrons. The third kappa shape index (κ3) is 2.82. The van der Waals surface area contributed by atoms with Crippen molar-refractivity contribution in [2.24, 2.45) is 0 Å². The third-order valence-corrected chi connectivity index (χ3v) is 4.82. The van der Waals surface area contributed by atoms with Gasteiger partial charge in [0.05, 0.1) is 26.5 Å². The van der Waals surface area contributed by atoms with Crippen LogP contribution in [0.3, 0.4) is 0 Å². The summed E-state index contributed by atoms with van der Waals surface area (Å²) in [5, 5.41) is 0. The number of carbonyl (C=O) groups is 2. The predicted octanol–water partition coefficient (Wildman–Crippen LogP) is 1.48. The van der Waals surface area contributed by atoms with Crippen LogP contribution in [0, 0.1) is 0 Å². The van der Waals surface area contributed by atoms with Crippen LogP contribution >= 0.6 is 0 Å². The molecule has 1 aromatic carbocycles. The number of ketones is 1. The monoisotopic (exact) mass is 379 g/mol. The Labute approximate surface area is 156 Å². The van der Waals surface area contributed by atoms with Crippen molar-refractivity contribution in [3.8, 4) is 11.5 Å². The summed E-state index contributed by atoms with van der Waals surface area (Å²) in [6.07, 6.45) is -2.05. The van der Waals surface area contributed by atoms with Gasteiger partial charge in [0.25, 0.3) is 5.79 Å². The summed E-state index contributed by atoms with van der Waals surface area (Å²) in [5.41, 5.74) is 0.497. The van der Waals surface area contributed by atoms with Gasteiger partial charge in [0.15, 0.2) is 23.4 Å². The summed E-state index contributed by atoms with van der Waals surface area (Å²) in [4.78, 5) is 26.8. The van der Waals surface area contributed by atoms with Gasteiger partial charge < -0.3 is 28.4 Å². The van der Waals surface area contributed by atoms with E-state index in [0.29, 0.717) is 17.2 Å². The molecule has 3 atom stereocenters. The summed E-state index contributed by atoms with van der Waals surface area (Å²) in [5.74, 6) is -2.09. The first-order valence-electron chi connectivity index (χ1n) is 8.55. The number of ether oxygens (including phenoxy) is 6. The Hall–Kier alpha value is -2.36.